The van der Waals surface area contributed by atoms with E-state index in [1.165, 1.54) is 0 Å². The Morgan fingerprint density at radius 1 is 1.41 bits per heavy atom. The van der Waals surface area contributed by atoms with E-state index in [2.05, 4.69) is 37.2 Å². The van der Waals surface area contributed by atoms with Gasteiger partial charge in [-0.1, -0.05) is 13.0 Å². The molecule has 1 aromatic carbocycles. The van der Waals surface area contributed by atoms with Gasteiger partial charge in [-0.05, 0) is 57.3 Å². The molecule has 0 aliphatic carbocycles. The van der Waals surface area contributed by atoms with Gasteiger partial charge in [0, 0.05) is 15.5 Å². The maximum Gasteiger partial charge on any atom is 0.231 e. The van der Waals surface area contributed by atoms with Crippen LogP contribution in [-0.2, 0) is 4.79 Å². The molecule has 1 atom stereocenters. The number of benzene rings is 1. The molecule has 1 unspecified atom stereocenters. The van der Waals surface area contributed by atoms with Gasteiger partial charge in [0.15, 0.2) is 0 Å². The zero-order valence-electron chi connectivity index (χ0n) is 9.89. The Hall–Kier alpha value is -0.390. The number of carbonyl (C=O) groups is 1. The van der Waals surface area contributed by atoms with Crippen molar-refractivity contribution < 1.29 is 4.79 Å². The number of hydrogen-bond acceptors (Lipinski definition) is 2. The molecule has 94 valence electrons. The molecule has 17 heavy (non-hydrogen) atoms. The van der Waals surface area contributed by atoms with Crippen molar-refractivity contribution in [3.05, 3.63) is 27.1 Å². The van der Waals surface area contributed by atoms with E-state index < -0.39 is 5.41 Å². The summed E-state index contributed by atoms with van der Waals surface area (Å²) in [5, 5.41) is 2.91. The summed E-state index contributed by atoms with van der Waals surface area (Å²) in [6, 6.07) is 5.66. The zero-order chi connectivity index (χ0) is 13.1. The largest absolute Gasteiger partial charge is 0.329 e. The van der Waals surface area contributed by atoms with Crippen molar-refractivity contribution in [2.24, 2.45) is 11.1 Å². The highest BCUT2D eigenvalue weighted by atomic mass is 79.9. The van der Waals surface area contributed by atoms with Crippen LogP contribution in [0.25, 0.3) is 0 Å². The first-order chi connectivity index (χ1) is 7.94. The monoisotopic (exact) mass is 362 g/mol. The van der Waals surface area contributed by atoms with Gasteiger partial charge in [-0.25, -0.2) is 0 Å². The molecule has 0 heterocycles. The second kappa shape index (κ2) is 5.98. The summed E-state index contributed by atoms with van der Waals surface area (Å²) in [5.74, 6) is -0.0601. The quantitative estimate of drug-likeness (QED) is 0.859. The van der Waals surface area contributed by atoms with E-state index in [-0.39, 0.29) is 5.91 Å². The maximum absolute atomic E-state index is 12.2. The van der Waals surface area contributed by atoms with E-state index >= 15 is 0 Å². The zero-order valence-corrected chi connectivity index (χ0v) is 13.1. The van der Waals surface area contributed by atoms with Gasteiger partial charge in [0.2, 0.25) is 5.91 Å². The standard InChI is InChI=1S/C12H16Br2N2O/c1-3-12(2,7-15)11(17)16-10-8(13)5-4-6-9(10)14/h4-6H,3,7,15H2,1-2H3,(H,16,17). The summed E-state index contributed by atoms with van der Waals surface area (Å²) < 4.78 is 1.69. The third-order valence-corrected chi connectivity index (χ3v) is 4.30. The summed E-state index contributed by atoms with van der Waals surface area (Å²) >= 11 is 6.82. The Morgan fingerprint density at radius 3 is 2.35 bits per heavy atom. The molecule has 1 amide bonds. The highest BCUT2D eigenvalue weighted by molar-refractivity contribution is 9.11. The fourth-order valence-corrected chi connectivity index (χ4v) is 2.48. The van der Waals surface area contributed by atoms with Crippen LogP contribution in [0.1, 0.15) is 20.3 Å². The molecule has 0 saturated carbocycles. The molecule has 0 saturated heterocycles. The first-order valence-electron chi connectivity index (χ1n) is 5.40. The van der Waals surface area contributed by atoms with Gasteiger partial charge >= 0.3 is 0 Å². The van der Waals surface area contributed by atoms with Crippen LogP contribution in [0.2, 0.25) is 0 Å². The number of halogens is 2. The Labute approximate surface area is 118 Å². The highest BCUT2D eigenvalue weighted by Crippen LogP contribution is 2.32. The molecule has 0 aliphatic rings. The summed E-state index contributed by atoms with van der Waals surface area (Å²) in [6.45, 7) is 4.16. The number of amides is 1. The average molecular weight is 364 g/mol. The normalized spacial score (nSPS) is 14.2. The van der Waals surface area contributed by atoms with Gasteiger partial charge < -0.3 is 11.1 Å². The van der Waals surface area contributed by atoms with Gasteiger partial charge in [0.1, 0.15) is 0 Å². The van der Waals surface area contributed by atoms with Crippen LogP contribution >= 0.6 is 31.9 Å². The van der Waals surface area contributed by atoms with Crippen molar-refractivity contribution in [1.29, 1.82) is 0 Å². The molecule has 3 nitrogen and oxygen atoms in total. The van der Waals surface area contributed by atoms with Gasteiger partial charge in [-0.2, -0.15) is 0 Å². The lowest BCUT2D eigenvalue weighted by Crippen LogP contribution is -2.39. The topological polar surface area (TPSA) is 55.1 Å². The second-order valence-corrected chi connectivity index (χ2v) is 5.88. The van der Waals surface area contributed by atoms with E-state index in [0.29, 0.717) is 13.0 Å². The number of carbonyl (C=O) groups excluding carboxylic acids is 1. The molecule has 1 aromatic rings. The molecule has 0 aliphatic heterocycles. The molecule has 0 radical (unpaired) electrons. The lowest BCUT2D eigenvalue weighted by atomic mass is 9.86. The predicted molar refractivity (Wildman–Crippen MR) is 77.9 cm³/mol. The van der Waals surface area contributed by atoms with Crippen LogP contribution in [-0.4, -0.2) is 12.5 Å². The van der Waals surface area contributed by atoms with Crippen LogP contribution in [0, 0.1) is 5.41 Å². The van der Waals surface area contributed by atoms with E-state index in [1.807, 2.05) is 32.0 Å². The Kier molecular flexibility index (Phi) is 5.16. The van der Waals surface area contributed by atoms with Gasteiger partial charge in [0.25, 0.3) is 0 Å². The Bertz CT molecular complexity index is 397. The lowest BCUT2D eigenvalue weighted by molar-refractivity contribution is -0.124. The third-order valence-electron chi connectivity index (χ3n) is 2.98. The SMILES string of the molecule is CCC(C)(CN)C(=O)Nc1c(Br)cccc1Br. The van der Waals surface area contributed by atoms with E-state index in [1.54, 1.807) is 0 Å². The number of rotatable bonds is 4. The molecular formula is C12H16Br2N2O. The van der Waals surface area contributed by atoms with Gasteiger partial charge in [-0.15, -0.1) is 0 Å². The molecular weight excluding hydrogens is 348 g/mol. The van der Waals surface area contributed by atoms with Crippen LogP contribution in [0.4, 0.5) is 5.69 Å². The predicted octanol–water partition coefficient (Wildman–Crippen LogP) is 3.53. The molecule has 0 spiro atoms. The minimum atomic E-state index is -0.533. The van der Waals surface area contributed by atoms with Crippen molar-refractivity contribution in [3.8, 4) is 0 Å². The van der Waals surface area contributed by atoms with Crippen molar-refractivity contribution in [1.82, 2.24) is 0 Å². The summed E-state index contributed by atoms with van der Waals surface area (Å²) in [4.78, 5) is 12.2. The smallest absolute Gasteiger partial charge is 0.231 e. The van der Waals surface area contributed by atoms with Gasteiger partial charge in [-0.3, -0.25) is 4.79 Å². The van der Waals surface area contributed by atoms with Crippen molar-refractivity contribution in [2.75, 3.05) is 11.9 Å². The van der Waals surface area contributed by atoms with Crippen LogP contribution in [0.3, 0.4) is 0 Å². The highest BCUT2D eigenvalue weighted by Gasteiger charge is 2.30. The van der Waals surface area contributed by atoms with Crippen molar-refractivity contribution in [2.45, 2.75) is 20.3 Å². The lowest BCUT2D eigenvalue weighted by Gasteiger charge is -2.25. The molecule has 0 aromatic heterocycles. The maximum atomic E-state index is 12.2. The van der Waals surface area contributed by atoms with Crippen molar-refractivity contribution in [3.63, 3.8) is 0 Å². The van der Waals surface area contributed by atoms with Crippen LogP contribution in [0.5, 0.6) is 0 Å². The minimum absolute atomic E-state index is 0.0601. The number of nitrogens with one attached hydrogen (secondary N) is 1. The molecule has 3 N–H and O–H groups in total. The average Bonchev–Trinajstić information content (AvgIpc) is 2.32. The summed E-state index contributed by atoms with van der Waals surface area (Å²) in [7, 11) is 0. The molecule has 1 rings (SSSR count). The van der Waals surface area contributed by atoms with E-state index in [0.717, 1.165) is 14.6 Å². The van der Waals surface area contributed by atoms with E-state index in [4.69, 9.17) is 5.73 Å². The number of para-hydroxylation sites is 1. The molecule has 0 fully saturated rings. The second-order valence-electron chi connectivity index (χ2n) is 4.17. The van der Waals surface area contributed by atoms with Gasteiger partial charge in [0.05, 0.1) is 11.1 Å². The van der Waals surface area contributed by atoms with Crippen LogP contribution < -0.4 is 11.1 Å². The summed E-state index contributed by atoms with van der Waals surface area (Å²) in [6.07, 6.45) is 0.706. The first-order valence-corrected chi connectivity index (χ1v) is 6.98. The van der Waals surface area contributed by atoms with Crippen LogP contribution in [0.15, 0.2) is 27.1 Å². The fourth-order valence-electron chi connectivity index (χ4n) is 1.28. The first kappa shape index (κ1) is 14.7. The number of anilines is 1. The van der Waals surface area contributed by atoms with E-state index in [9.17, 15) is 4.79 Å². The molecule has 0 bridgehead atoms. The summed E-state index contributed by atoms with van der Waals surface area (Å²) in [5.41, 5.74) is 5.87. The van der Waals surface area contributed by atoms with Crippen molar-refractivity contribution >= 4 is 43.5 Å². The fraction of sp³-hybridized carbons (Fsp3) is 0.417. The Morgan fingerprint density at radius 2 is 1.94 bits per heavy atom. The minimum Gasteiger partial charge on any atom is -0.329 e. The Balaban J connectivity index is 2.96. The number of hydrogen-bond donors (Lipinski definition) is 2. The third kappa shape index (κ3) is 3.30. The number of nitrogens with two attached hydrogens (primary N) is 1. The molecule has 5 heteroatoms.